The molecule has 0 bridgehead atoms. The van der Waals surface area contributed by atoms with Gasteiger partial charge in [0.1, 0.15) is 5.82 Å². The lowest BCUT2D eigenvalue weighted by molar-refractivity contribution is 0.509. The number of guanidine groups is 1. The van der Waals surface area contributed by atoms with Gasteiger partial charge in [-0.2, -0.15) is 5.10 Å². The number of thiophene rings is 1. The number of aliphatic imine (C=N–C) groups is 1. The van der Waals surface area contributed by atoms with Gasteiger partial charge in [0.2, 0.25) is 0 Å². The zero-order valence-corrected chi connectivity index (χ0v) is 16.4. The molecule has 0 fully saturated rings. The minimum absolute atomic E-state index is 0.0355. The second kappa shape index (κ2) is 9.02. The predicted molar refractivity (Wildman–Crippen MR) is 106 cm³/mol. The molecule has 0 aromatic carbocycles. The lowest BCUT2D eigenvalue weighted by atomic mass is 10.2. The summed E-state index contributed by atoms with van der Waals surface area (Å²) in [7, 11) is 0. The highest BCUT2D eigenvalue weighted by Crippen LogP contribution is 2.15. The van der Waals surface area contributed by atoms with E-state index in [-0.39, 0.29) is 5.69 Å². The van der Waals surface area contributed by atoms with E-state index in [1.807, 2.05) is 4.57 Å². The molecule has 0 atom stereocenters. The van der Waals surface area contributed by atoms with Crippen LogP contribution in [0.5, 0.6) is 0 Å². The Hall–Kier alpha value is -2.09. The molecule has 3 rings (SSSR count). The van der Waals surface area contributed by atoms with E-state index in [0.717, 1.165) is 57.1 Å². The van der Waals surface area contributed by atoms with Crippen molar-refractivity contribution in [3.8, 4) is 0 Å². The average Bonchev–Trinajstić information content (AvgIpc) is 3.20. The van der Waals surface area contributed by atoms with Crippen LogP contribution in [0.3, 0.4) is 0 Å². The Labute approximate surface area is 158 Å². The van der Waals surface area contributed by atoms with Crippen LogP contribution in [0.2, 0.25) is 0 Å². The molecule has 1 aliphatic heterocycles. The molecule has 8 heteroatoms. The topological polar surface area (TPSA) is 76.2 Å². The molecule has 1 aliphatic rings. The standard InChI is InChI=1S/C18H28N6OS/c1-3-19-17(21-13-15-9-8-14(2)26-15)20-10-6-12-24-18(25)23-11-5-4-7-16(23)22-24/h8-9H,3-7,10-13H2,1-2H3,(H2,19,20,21). The number of nitrogens with zero attached hydrogens (tertiary/aromatic N) is 4. The zero-order chi connectivity index (χ0) is 18.4. The van der Waals surface area contributed by atoms with E-state index in [2.05, 4.69) is 46.7 Å². The predicted octanol–water partition coefficient (Wildman–Crippen LogP) is 1.90. The van der Waals surface area contributed by atoms with Crippen molar-refractivity contribution in [2.75, 3.05) is 13.1 Å². The van der Waals surface area contributed by atoms with Gasteiger partial charge in [-0.25, -0.2) is 14.5 Å². The van der Waals surface area contributed by atoms with Gasteiger partial charge in [-0.1, -0.05) is 0 Å². The van der Waals surface area contributed by atoms with Crippen molar-refractivity contribution in [1.82, 2.24) is 25.0 Å². The number of aromatic nitrogens is 3. The van der Waals surface area contributed by atoms with Crippen LogP contribution in [0, 0.1) is 6.92 Å². The third kappa shape index (κ3) is 4.75. The van der Waals surface area contributed by atoms with Gasteiger partial charge in [0.05, 0.1) is 6.54 Å². The molecule has 0 aliphatic carbocycles. The van der Waals surface area contributed by atoms with E-state index < -0.39 is 0 Å². The summed E-state index contributed by atoms with van der Waals surface area (Å²) in [4.78, 5) is 19.5. The van der Waals surface area contributed by atoms with Crippen molar-refractivity contribution in [2.24, 2.45) is 4.99 Å². The van der Waals surface area contributed by atoms with Gasteiger partial charge in [-0.05, 0) is 45.2 Å². The summed E-state index contributed by atoms with van der Waals surface area (Å²) < 4.78 is 3.44. The molecule has 2 N–H and O–H groups in total. The molecule has 26 heavy (non-hydrogen) atoms. The first-order valence-corrected chi connectivity index (χ1v) is 10.2. The van der Waals surface area contributed by atoms with Crippen LogP contribution in [0.4, 0.5) is 0 Å². The van der Waals surface area contributed by atoms with E-state index in [0.29, 0.717) is 13.1 Å². The third-order valence-corrected chi connectivity index (χ3v) is 5.39. The summed E-state index contributed by atoms with van der Waals surface area (Å²) >= 11 is 1.78. The molecule has 0 amide bonds. The molecule has 0 unspecified atom stereocenters. The fraction of sp³-hybridized carbons (Fsp3) is 0.611. The Bertz CT molecular complexity index is 803. The lowest BCUT2D eigenvalue weighted by Gasteiger charge is -2.10. The maximum atomic E-state index is 12.3. The first-order chi connectivity index (χ1) is 12.7. The molecule has 0 spiro atoms. The monoisotopic (exact) mass is 376 g/mol. The third-order valence-electron chi connectivity index (χ3n) is 4.40. The summed E-state index contributed by atoms with van der Waals surface area (Å²) in [5, 5.41) is 11.1. The van der Waals surface area contributed by atoms with E-state index in [1.165, 1.54) is 9.75 Å². The van der Waals surface area contributed by atoms with Crippen LogP contribution >= 0.6 is 11.3 Å². The van der Waals surface area contributed by atoms with Crippen molar-refractivity contribution in [3.63, 3.8) is 0 Å². The van der Waals surface area contributed by atoms with Crippen LogP contribution in [-0.2, 0) is 26.1 Å². The molecule has 2 aromatic heterocycles. The molecule has 2 aromatic rings. The molecule has 142 valence electrons. The largest absolute Gasteiger partial charge is 0.357 e. The Morgan fingerprint density at radius 1 is 1.35 bits per heavy atom. The van der Waals surface area contributed by atoms with Crippen molar-refractivity contribution < 1.29 is 0 Å². The number of rotatable bonds is 7. The Morgan fingerprint density at radius 2 is 2.23 bits per heavy atom. The van der Waals surface area contributed by atoms with Gasteiger partial charge in [0.15, 0.2) is 5.96 Å². The van der Waals surface area contributed by atoms with Crippen LogP contribution < -0.4 is 16.3 Å². The maximum absolute atomic E-state index is 12.3. The number of hydrogen-bond acceptors (Lipinski definition) is 4. The smallest absolute Gasteiger partial charge is 0.345 e. The lowest BCUT2D eigenvalue weighted by Crippen LogP contribution is -2.38. The normalized spacial score (nSPS) is 14.3. The highest BCUT2D eigenvalue weighted by molar-refractivity contribution is 7.11. The number of nitrogens with one attached hydrogen (secondary N) is 2. The quantitative estimate of drug-likeness (QED) is 0.440. The fourth-order valence-electron chi connectivity index (χ4n) is 3.10. The van der Waals surface area contributed by atoms with Gasteiger partial charge >= 0.3 is 5.69 Å². The van der Waals surface area contributed by atoms with E-state index in [1.54, 1.807) is 16.0 Å². The fourth-order valence-corrected chi connectivity index (χ4v) is 3.91. The number of fused-ring (bicyclic) bond motifs is 1. The molecule has 0 radical (unpaired) electrons. The first-order valence-electron chi connectivity index (χ1n) is 9.41. The Morgan fingerprint density at radius 3 is 2.96 bits per heavy atom. The second-order valence-electron chi connectivity index (χ2n) is 6.52. The van der Waals surface area contributed by atoms with Crippen molar-refractivity contribution in [3.05, 3.63) is 38.2 Å². The van der Waals surface area contributed by atoms with Crippen molar-refractivity contribution in [2.45, 2.75) is 59.2 Å². The summed E-state index contributed by atoms with van der Waals surface area (Å²) in [6.07, 6.45) is 3.95. The Balaban J connectivity index is 1.49. The number of aryl methyl sites for hydroxylation is 3. The van der Waals surface area contributed by atoms with E-state index in [4.69, 9.17) is 0 Å². The molecule has 0 saturated carbocycles. The van der Waals surface area contributed by atoms with Gasteiger partial charge in [0.25, 0.3) is 0 Å². The molecular formula is C18H28N6OS. The SMILES string of the molecule is CCNC(=NCc1ccc(C)s1)NCCCn1nc2n(c1=O)CCCC2. The van der Waals surface area contributed by atoms with Gasteiger partial charge < -0.3 is 10.6 Å². The van der Waals surface area contributed by atoms with Gasteiger partial charge in [-0.15, -0.1) is 11.3 Å². The first kappa shape index (κ1) is 18.7. The maximum Gasteiger partial charge on any atom is 0.345 e. The highest BCUT2D eigenvalue weighted by atomic mass is 32.1. The van der Waals surface area contributed by atoms with E-state index in [9.17, 15) is 4.79 Å². The average molecular weight is 377 g/mol. The minimum atomic E-state index is 0.0355. The van der Waals surface area contributed by atoms with Crippen LogP contribution in [0.1, 0.15) is 41.8 Å². The highest BCUT2D eigenvalue weighted by Gasteiger charge is 2.16. The van der Waals surface area contributed by atoms with Crippen LogP contribution in [0.15, 0.2) is 21.9 Å². The Kier molecular flexibility index (Phi) is 6.49. The zero-order valence-electron chi connectivity index (χ0n) is 15.6. The second-order valence-corrected chi connectivity index (χ2v) is 7.89. The minimum Gasteiger partial charge on any atom is -0.357 e. The summed E-state index contributed by atoms with van der Waals surface area (Å²) in [6, 6.07) is 4.25. The van der Waals surface area contributed by atoms with Gasteiger partial charge in [-0.3, -0.25) is 4.57 Å². The molecule has 7 nitrogen and oxygen atoms in total. The van der Waals surface area contributed by atoms with E-state index >= 15 is 0 Å². The number of hydrogen-bond donors (Lipinski definition) is 2. The molecule has 0 saturated heterocycles. The molecular weight excluding hydrogens is 348 g/mol. The molecule has 3 heterocycles. The van der Waals surface area contributed by atoms with Crippen molar-refractivity contribution >= 4 is 17.3 Å². The summed E-state index contributed by atoms with van der Waals surface area (Å²) in [5.41, 5.74) is 0.0355. The van der Waals surface area contributed by atoms with Crippen molar-refractivity contribution in [1.29, 1.82) is 0 Å². The summed E-state index contributed by atoms with van der Waals surface area (Å²) in [6.45, 7) is 7.87. The summed E-state index contributed by atoms with van der Waals surface area (Å²) in [5.74, 6) is 1.75. The van der Waals surface area contributed by atoms with Gasteiger partial charge in [0, 0.05) is 42.4 Å². The van der Waals surface area contributed by atoms with Crippen LogP contribution in [-0.4, -0.2) is 33.4 Å². The van der Waals surface area contributed by atoms with Crippen LogP contribution in [0.25, 0.3) is 0 Å².